The Labute approximate surface area is 74.9 Å². The van der Waals surface area contributed by atoms with Gasteiger partial charge in [-0.05, 0) is 0 Å². The van der Waals surface area contributed by atoms with Crippen LogP contribution in [-0.4, -0.2) is 28.9 Å². The Morgan fingerprint density at radius 2 is 2.14 bits per heavy atom. The van der Waals surface area contributed by atoms with Crippen LogP contribution >= 0.6 is 0 Å². The standard InChI is InChI=1S/C6H6F4N2O2/c7-4(8)6(9,10)2-14-3-1-11-5(13)12-3/h1,4H,2H2,(H2,11,12,13). The lowest BCUT2D eigenvalue weighted by molar-refractivity contribution is -0.148. The Hall–Kier alpha value is -1.47. The molecular formula is C6H6F4N2O2. The van der Waals surface area contributed by atoms with Gasteiger partial charge < -0.3 is 9.72 Å². The molecule has 0 aliphatic carbocycles. The summed E-state index contributed by atoms with van der Waals surface area (Å²) in [6.07, 6.45) is -2.84. The molecule has 0 unspecified atom stereocenters. The van der Waals surface area contributed by atoms with Gasteiger partial charge in [-0.25, -0.2) is 13.6 Å². The van der Waals surface area contributed by atoms with E-state index < -0.39 is 24.6 Å². The second-order valence-corrected chi connectivity index (χ2v) is 2.46. The van der Waals surface area contributed by atoms with Crippen molar-refractivity contribution < 1.29 is 22.3 Å². The maximum absolute atomic E-state index is 12.3. The van der Waals surface area contributed by atoms with Crippen LogP contribution in [-0.2, 0) is 0 Å². The van der Waals surface area contributed by atoms with Crippen LogP contribution in [0.15, 0.2) is 11.0 Å². The first-order valence-corrected chi connectivity index (χ1v) is 3.48. The summed E-state index contributed by atoms with van der Waals surface area (Å²) < 4.78 is 52.0. The fourth-order valence-corrected chi connectivity index (χ4v) is 0.630. The molecule has 0 bridgehead atoms. The quantitative estimate of drug-likeness (QED) is 0.734. The summed E-state index contributed by atoms with van der Waals surface area (Å²) >= 11 is 0. The molecular weight excluding hydrogens is 208 g/mol. The molecule has 0 aromatic carbocycles. The average Bonchev–Trinajstić information content (AvgIpc) is 2.48. The maximum atomic E-state index is 12.3. The van der Waals surface area contributed by atoms with Gasteiger partial charge in [-0.15, -0.1) is 0 Å². The molecule has 2 N–H and O–H groups in total. The van der Waals surface area contributed by atoms with Crippen LogP contribution in [0.3, 0.4) is 0 Å². The average molecular weight is 214 g/mol. The molecule has 0 atom stereocenters. The van der Waals surface area contributed by atoms with Crippen LogP contribution in [0, 0.1) is 0 Å². The van der Waals surface area contributed by atoms with E-state index >= 15 is 0 Å². The number of rotatable bonds is 4. The normalized spacial score (nSPS) is 12.1. The van der Waals surface area contributed by atoms with Crippen molar-refractivity contribution in [1.82, 2.24) is 9.97 Å². The molecule has 0 radical (unpaired) electrons. The summed E-state index contributed by atoms with van der Waals surface area (Å²) in [5.74, 6) is -4.54. The highest BCUT2D eigenvalue weighted by molar-refractivity contribution is 5.01. The van der Waals surface area contributed by atoms with E-state index in [4.69, 9.17) is 0 Å². The van der Waals surface area contributed by atoms with Crippen molar-refractivity contribution in [1.29, 1.82) is 0 Å². The molecule has 0 saturated carbocycles. The number of aromatic nitrogens is 2. The van der Waals surface area contributed by atoms with E-state index in [0.29, 0.717) is 0 Å². The summed E-state index contributed by atoms with van der Waals surface area (Å²) in [7, 11) is 0. The third-order valence-corrected chi connectivity index (χ3v) is 1.31. The number of imidazole rings is 1. The zero-order valence-electron chi connectivity index (χ0n) is 6.69. The summed E-state index contributed by atoms with van der Waals surface area (Å²) in [5, 5.41) is 0. The monoisotopic (exact) mass is 214 g/mol. The minimum absolute atomic E-state index is 0.310. The van der Waals surface area contributed by atoms with Gasteiger partial charge in [0.25, 0.3) is 0 Å². The van der Waals surface area contributed by atoms with Crippen LogP contribution < -0.4 is 10.4 Å². The molecule has 8 heteroatoms. The van der Waals surface area contributed by atoms with E-state index in [2.05, 4.69) is 9.72 Å². The molecule has 0 spiro atoms. The van der Waals surface area contributed by atoms with E-state index in [1.165, 1.54) is 0 Å². The molecule has 0 aliphatic heterocycles. The zero-order valence-corrected chi connectivity index (χ0v) is 6.69. The minimum atomic E-state index is -4.23. The van der Waals surface area contributed by atoms with Crippen LogP contribution in [0.5, 0.6) is 5.88 Å². The number of H-pyrrole nitrogens is 2. The Balaban J connectivity index is 2.52. The van der Waals surface area contributed by atoms with Crippen LogP contribution in [0.2, 0.25) is 0 Å². The van der Waals surface area contributed by atoms with Crippen molar-refractivity contribution in [2.75, 3.05) is 6.61 Å². The van der Waals surface area contributed by atoms with Crippen LogP contribution in [0.1, 0.15) is 0 Å². The number of nitrogens with one attached hydrogen (secondary N) is 2. The van der Waals surface area contributed by atoms with Gasteiger partial charge in [0, 0.05) is 0 Å². The van der Waals surface area contributed by atoms with Crippen molar-refractivity contribution >= 4 is 0 Å². The van der Waals surface area contributed by atoms with E-state index in [9.17, 15) is 22.4 Å². The topological polar surface area (TPSA) is 57.9 Å². The van der Waals surface area contributed by atoms with E-state index in [1.807, 2.05) is 4.98 Å². The van der Waals surface area contributed by atoms with Crippen molar-refractivity contribution in [3.05, 3.63) is 16.7 Å². The van der Waals surface area contributed by atoms with Crippen molar-refractivity contribution in [2.45, 2.75) is 12.3 Å². The minimum Gasteiger partial charge on any atom is -0.471 e. The van der Waals surface area contributed by atoms with Gasteiger partial charge in [0.1, 0.15) is 0 Å². The molecule has 14 heavy (non-hydrogen) atoms. The fourth-order valence-electron chi connectivity index (χ4n) is 0.630. The van der Waals surface area contributed by atoms with Gasteiger partial charge in [-0.1, -0.05) is 0 Å². The largest absolute Gasteiger partial charge is 0.471 e. The molecule has 1 aromatic heterocycles. The molecule has 1 rings (SSSR count). The predicted octanol–water partition coefficient (Wildman–Crippen LogP) is 0.982. The van der Waals surface area contributed by atoms with Gasteiger partial charge in [0.05, 0.1) is 6.20 Å². The van der Waals surface area contributed by atoms with Gasteiger partial charge in [0.15, 0.2) is 6.61 Å². The van der Waals surface area contributed by atoms with Crippen molar-refractivity contribution in [3.8, 4) is 5.88 Å². The Morgan fingerprint density at radius 3 is 2.57 bits per heavy atom. The summed E-state index contributed by atoms with van der Waals surface area (Å²) in [4.78, 5) is 14.5. The van der Waals surface area contributed by atoms with Crippen molar-refractivity contribution in [3.63, 3.8) is 0 Å². The molecule has 0 amide bonds. The molecule has 1 heterocycles. The zero-order chi connectivity index (χ0) is 10.8. The SMILES string of the molecule is O=c1[nH]cc(OCC(F)(F)C(F)F)[nH]1. The molecule has 4 nitrogen and oxygen atoms in total. The number of ether oxygens (including phenoxy) is 1. The highest BCUT2D eigenvalue weighted by Gasteiger charge is 2.41. The summed E-state index contributed by atoms with van der Waals surface area (Å²) in [6.45, 7) is -1.49. The highest BCUT2D eigenvalue weighted by atomic mass is 19.3. The Morgan fingerprint density at radius 1 is 1.50 bits per heavy atom. The summed E-state index contributed by atoms with van der Waals surface area (Å²) in [6, 6.07) is 0. The fraction of sp³-hybridized carbons (Fsp3) is 0.500. The third-order valence-electron chi connectivity index (χ3n) is 1.31. The smallest absolute Gasteiger partial charge is 0.340 e. The molecule has 0 aliphatic rings. The first-order chi connectivity index (χ1) is 6.42. The van der Waals surface area contributed by atoms with Gasteiger partial charge in [-0.3, -0.25) is 4.98 Å². The Bertz CT molecular complexity index is 346. The third kappa shape index (κ3) is 2.51. The number of halogens is 4. The summed E-state index contributed by atoms with van der Waals surface area (Å²) in [5.41, 5.74) is -0.666. The lowest BCUT2D eigenvalue weighted by atomic mass is 10.4. The number of hydrogen-bond acceptors (Lipinski definition) is 2. The second kappa shape index (κ2) is 3.72. The lowest BCUT2D eigenvalue weighted by Gasteiger charge is -2.14. The van der Waals surface area contributed by atoms with Gasteiger partial charge in [-0.2, -0.15) is 8.78 Å². The number of aromatic amines is 2. The second-order valence-electron chi connectivity index (χ2n) is 2.46. The molecule has 0 fully saturated rings. The molecule has 1 aromatic rings. The van der Waals surface area contributed by atoms with Gasteiger partial charge in [0.2, 0.25) is 5.88 Å². The highest BCUT2D eigenvalue weighted by Crippen LogP contribution is 2.23. The molecule has 80 valence electrons. The first-order valence-electron chi connectivity index (χ1n) is 3.48. The van der Waals surface area contributed by atoms with E-state index in [1.54, 1.807) is 0 Å². The van der Waals surface area contributed by atoms with Crippen LogP contribution in [0.4, 0.5) is 17.6 Å². The Kier molecular flexibility index (Phi) is 2.82. The maximum Gasteiger partial charge on any atom is 0.340 e. The van der Waals surface area contributed by atoms with E-state index in [0.717, 1.165) is 6.20 Å². The van der Waals surface area contributed by atoms with Crippen LogP contribution in [0.25, 0.3) is 0 Å². The number of alkyl halides is 4. The molecule has 0 saturated heterocycles. The van der Waals surface area contributed by atoms with Gasteiger partial charge >= 0.3 is 18.0 Å². The number of hydrogen-bond donors (Lipinski definition) is 2. The first kappa shape index (κ1) is 10.6. The van der Waals surface area contributed by atoms with E-state index in [-0.39, 0.29) is 5.88 Å². The lowest BCUT2D eigenvalue weighted by Crippen LogP contribution is -2.33. The predicted molar refractivity (Wildman–Crippen MR) is 37.9 cm³/mol. The van der Waals surface area contributed by atoms with Crippen molar-refractivity contribution in [2.24, 2.45) is 0 Å².